The molecule has 1 aliphatic heterocycles. The van der Waals surface area contributed by atoms with Crippen LogP contribution in [0.2, 0.25) is 0 Å². The minimum absolute atomic E-state index is 0.278. The van der Waals surface area contributed by atoms with Crippen LogP contribution in [0.4, 0.5) is 0 Å². The summed E-state index contributed by atoms with van der Waals surface area (Å²) in [6.07, 6.45) is 14.0. The second kappa shape index (κ2) is 11.2. The molecule has 0 saturated carbocycles. The maximum Gasteiger partial charge on any atom is 0.155 e. The molecule has 1 aliphatic rings. The van der Waals surface area contributed by atoms with Crippen LogP contribution in [0, 0.1) is 0 Å². The van der Waals surface area contributed by atoms with Gasteiger partial charge in [-0.2, -0.15) is 0 Å². The molecule has 0 aliphatic carbocycles. The zero-order valence-electron chi connectivity index (χ0n) is 15.3. The van der Waals surface area contributed by atoms with Gasteiger partial charge in [0.05, 0.1) is 0 Å². The first kappa shape index (κ1) is 18.9. The molecule has 1 aromatic carbocycles. The minimum atomic E-state index is 0.278. The number of aryl methyl sites for hydroxylation is 2. The van der Waals surface area contributed by atoms with Crippen molar-refractivity contribution >= 4 is 5.78 Å². The molecule has 1 saturated heterocycles. The summed E-state index contributed by atoms with van der Waals surface area (Å²) in [5.41, 5.74) is 2.82. The Labute approximate surface area is 147 Å². The van der Waals surface area contributed by atoms with Crippen LogP contribution in [0.25, 0.3) is 0 Å². The standard InChI is InChI=1S/C22H33NO/c1-2-20-12-5-6-13-21(20)14-11-16-22(24)15-7-10-19-23-17-8-3-4-9-18-23/h5-7,12-13,15H,2-4,8-11,14,16-19H2,1H3/b15-7+. The molecule has 132 valence electrons. The highest BCUT2D eigenvalue weighted by atomic mass is 16.1. The maximum absolute atomic E-state index is 12.0. The minimum Gasteiger partial charge on any atom is -0.303 e. The number of allylic oxidation sites excluding steroid dienone is 1. The number of carbonyl (C=O) groups excluding carboxylic acids is 1. The predicted molar refractivity (Wildman–Crippen MR) is 102 cm³/mol. The third-order valence-corrected chi connectivity index (χ3v) is 4.98. The summed E-state index contributed by atoms with van der Waals surface area (Å²) in [6.45, 7) is 5.77. The van der Waals surface area contributed by atoms with Gasteiger partial charge in [-0.15, -0.1) is 0 Å². The molecule has 0 spiro atoms. The van der Waals surface area contributed by atoms with Crippen LogP contribution in [0.1, 0.15) is 63.0 Å². The van der Waals surface area contributed by atoms with Crippen molar-refractivity contribution in [2.45, 2.75) is 64.7 Å². The zero-order valence-corrected chi connectivity index (χ0v) is 15.3. The molecular formula is C22H33NO. The first-order chi connectivity index (χ1) is 11.8. The second-order valence-corrected chi connectivity index (χ2v) is 6.89. The lowest BCUT2D eigenvalue weighted by Crippen LogP contribution is -2.25. The molecule has 2 heteroatoms. The molecule has 1 aromatic rings. The number of hydrogen-bond donors (Lipinski definition) is 0. The first-order valence-corrected chi connectivity index (χ1v) is 9.78. The van der Waals surface area contributed by atoms with E-state index < -0.39 is 0 Å². The second-order valence-electron chi connectivity index (χ2n) is 6.89. The van der Waals surface area contributed by atoms with Gasteiger partial charge < -0.3 is 4.90 Å². The van der Waals surface area contributed by atoms with Gasteiger partial charge in [0.1, 0.15) is 0 Å². The van der Waals surface area contributed by atoms with Crippen LogP contribution >= 0.6 is 0 Å². The van der Waals surface area contributed by atoms with Gasteiger partial charge >= 0.3 is 0 Å². The third kappa shape index (κ3) is 7.00. The zero-order chi connectivity index (χ0) is 17.0. The normalized spacial score (nSPS) is 16.4. The molecule has 0 N–H and O–H groups in total. The van der Waals surface area contributed by atoms with Crippen LogP contribution in [0.5, 0.6) is 0 Å². The van der Waals surface area contributed by atoms with E-state index in [-0.39, 0.29) is 5.78 Å². The van der Waals surface area contributed by atoms with Gasteiger partial charge in [0.25, 0.3) is 0 Å². The van der Waals surface area contributed by atoms with Crippen molar-refractivity contribution in [2.24, 2.45) is 0 Å². The van der Waals surface area contributed by atoms with Crippen molar-refractivity contribution < 1.29 is 4.79 Å². The van der Waals surface area contributed by atoms with Crippen molar-refractivity contribution in [3.05, 3.63) is 47.5 Å². The Hall–Kier alpha value is -1.41. The smallest absolute Gasteiger partial charge is 0.155 e. The number of carbonyl (C=O) groups is 1. The summed E-state index contributed by atoms with van der Waals surface area (Å²) >= 11 is 0. The van der Waals surface area contributed by atoms with E-state index in [1.807, 2.05) is 6.08 Å². The molecule has 0 atom stereocenters. The average Bonchev–Trinajstić information content (AvgIpc) is 2.88. The lowest BCUT2D eigenvalue weighted by Gasteiger charge is -2.18. The molecule has 0 unspecified atom stereocenters. The first-order valence-electron chi connectivity index (χ1n) is 9.78. The summed E-state index contributed by atoms with van der Waals surface area (Å²) in [6, 6.07) is 8.58. The molecule has 24 heavy (non-hydrogen) atoms. The highest BCUT2D eigenvalue weighted by Crippen LogP contribution is 2.13. The fourth-order valence-corrected chi connectivity index (χ4v) is 3.51. The summed E-state index contributed by atoms with van der Waals surface area (Å²) < 4.78 is 0. The molecule has 1 fully saturated rings. The van der Waals surface area contributed by atoms with E-state index in [9.17, 15) is 4.79 Å². The fraction of sp³-hybridized carbons (Fsp3) is 0.591. The summed E-state index contributed by atoms with van der Waals surface area (Å²) in [7, 11) is 0. The number of benzene rings is 1. The Balaban J connectivity index is 1.62. The Morgan fingerprint density at radius 1 is 1.08 bits per heavy atom. The lowest BCUT2D eigenvalue weighted by atomic mass is 9.99. The van der Waals surface area contributed by atoms with E-state index in [1.165, 1.54) is 49.9 Å². The van der Waals surface area contributed by atoms with Gasteiger partial charge in [0.2, 0.25) is 0 Å². The number of likely N-dealkylation sites (tertiary alicyclic amines) is 1. The summed E-state index contributed by atoms with van der Waals surface area (Å²) in [5, 5.41) is 0. The van der Waals surface area contributed by atoms with Gasteiger partial charge in [0.15, 0.2) is 5.78 Å². The highest BCUT2D eigenvalue weighted by molar-refractivity contribution is 5.89. The lowest BCUT2D eigenvalue weighted by molar-refractivity contribution is -0.114. The molecule has 0 bridgehead atoms. The molecule has 0 radical (unpaired) electrons. The van der Waals surface area contributed by atoms with E-state index in [2.05, 4.69) is 42.2 Å². The number of rotatable bonds is 9. The molecule has 0 aromatic heterocycles. The van der Waals surface area contributed by atoms with Crippen LogP contribution in [-0.4, -0.2) is 30.3 Å². The SMILES string of the molecule is CCc1ccccc1CCCC(=O)/C=C/CCN1CCCCCC1. The topological polar surface area (TPSA) is 20.3 Å². The fourth-order valence-electron chi connectivity index (χ4n) is 3.51. The Bertz CT molecular complexity index is 512. The van der Waals surface area contributed by atoms with Gasteiger partial charge in [-0.25, -0.2) is 0 Å². The van der Waals surface area contributed by atoms with E-state index in [0.29, 0.717) is 6.42 Å². The van der Waals surface area contributed by atoms with Crippen molar-refractivity contribution in [1.82, 2.24) is 4.90 Å². The van der Waals surface area contributed by atoms with E-state index >= 15 is 0 Å². The molecule has 0 amide bonds. The van der Waals surface area contributed by atoms with Crippen molar-refractivity contribution in [2.75, 3.05) is 19.6 Å². The maximum atomic E-state index is 12.0. The van der Waals surface area contributed by atoms with E-state index in [4.69, 9.17) is 0 Å². The van der Waals surface area contributed by atoms with Gasteiger partial charge in [-0.3, -0.25) is 4.79 Å². The van der Waals surface area contributed by atoms with E-state index in [1.54, 1.807) is 0 Å². The number of nitrogens with zero attached hydrogens (tertiary/aromatic N) is 1. The monoisotopic (exact) mass is 327 g/mol. The van der Waals surface area contributed by atoms with Crippen LogP contribution in [0.15, 0.2) is 36.4 Å². The average molecular weight is 328 g/mol. The van der Waals surface area contributed by atoms with Crippen molar-refractivity contribution in [1.29, 1.82) is 0 Å². The van der Waals surface area contributed by atoms with Crippen LogP contribution in [0.3, 0.4) is 0 Å². The predicted octanol–water partition coefficient (Wildman–Crippen LogP) is 4.96. The van der Waals surface area contributed by atoms with E-state index in [0.717, 1.165) is 32.2 Å². The molecule has 1 heterocycles. The van der Waals surface area contributed by atoms with Crippen molar-refractivity contribution in [3.63, 3.8) is 0 Å². The van der Waals surface area contributed by atoms with Crippen molar-refractivity contribution in [3.8, 4) is 0 Å². The Kier molecular flexibility index (Phi) is 8.83. The Morgan fingerprint density at radius 3 is 2.50 bits per heavy atom. The molecule has 2 nitrogen and oxygen atoms in total. The number of ketones is 1. The Morgan fingerprint density at radius 2 is 1.79 bits per heavy atom. The van der Waals surface area contributed by atoms with Gasteiger partial charge in [0, 0.05) is 13.0 Å². The quantitative estimate of drug-likeness (QED) is 0.597. The number of hydrogen-bond acceptors (Lipinski definition) is 2. The molecule has 2 rings (SSSR count). The highest BCUT2D eigenvalue weighted by Gasteiger charge is 2.07. The third-order valence-electron chi connectivity index (χ3n) is 4.98. The van der Waals surface area contributed by atoms with Crippen LogP contribution < -0.4 is 0 Å². The summed E-state index contributed by atoms with van der Waals surface area (Å²) in [4.78, 5) is 14.5. The molecular weight excluding hydrogens is 294 g/mol. The van der Waals surface area contributed by atoms with Crippen LogP contribution in [-0.2, 0) is 17.6 Å². The largest absolute Gasteiger partial charge is 0.303 e. The summed E-state index contributed by atoms with van der Waals surface area (Å²) in [5.74, 6) is 0.278. The van der Waals surface area contributed by atoms with Gasteiger partial charge in [-0.1, -0.05) is 50.1 Å². The van der Waals surface area contributed by atoms with Gasteiger partial charge in [-0.05, 0) is 68.8 Å².